The van der Waals surface area contributed by atoms with Gasteiger partial charge in [0.05, 0.1) is 19.2 Å². The maximum absolute atomic E-state index is 12.6. The fourth-order valence-electron chi connectivity index (χ4n) is 2.71. The zero-order valence-corrected chi connectivity index (χ0v) is 17.3. The Hall–Kier alpha value is -2.67. The van der Waals surface area contributed by atoms with Gasteiger partial charge >= 0.3 is 5.97 Å². The second kappa shape index (κ2) is 11.2. The van der Waals surface area contributed by atoms with Gasteiger partial charge in [-0.2, -0.15) is 0 Å². The summed E-state index contributed by atoms with van der Waals surface area (Å²) in [4.78, 5) is 38.2. The molecule has 154 valence electrons. The molecule has 3 N–H and O–H groups in total. The summed E-state index contributed by atoms with van der Waals surface area (Å²) in [7, 11) is 1.66. The molecule has 0 spiro atoms. The number of benzene rings is 1. The molecule has 0 fully saturated rings. The number of hydrogen-bond donors (Lipinski definition) is 2. The molecule has 0 aliphatic carbocycles. The van der Waals surface area contributed by atoms with E-state index in [0.717, 1.165) is 5.56 Å². The third-order valence-electron chi connectivity index (χ3n) is 4.37. The van der Waals surface area contributed by atoms with Crippen molar-refractivity contribution in [1.29, 1.82) is 0 Å². The fraction of sp³-hybridized carbons (Fsp3) is 0.476. The molecule has 0 aliphatic heterocycles. The SMILES string of the molecule is CCOC(=O)/C(C)=C/[C@H](C(C)C)N(C)C(=O)CNC(=O)c1cccc(CN)c1. The van der Waals surface area contributed by atoms with Crippen molar-refractivity contribution in [3.63, 3.8) is 0 Å². The molecule has 0 bridgehead atoms. The van der Waals surface area contributed by atoms with Gasteiger partial charge in [-0.25, -0.2) is 4.79 Å². The predicted molar refractivity (Wildman–Crippen MR) is 108 cm³/mol. The van der Waals surface area contributed by atoms with Crippen molar-refractivity contribution in [2.24, 2.45) is 11.7 Å². The van der Waals surface area contributed by atoms with Crippen LogP contribution in [0.5, 0.6) is 0 Å². The third-order valence-corrected chi connectivity index (χ3v) is 4.37. The van der Waals surface area contributed by atoms with E-state index in [9.17, 15) is 14.4 Å². The molecule has 2 amide bonds. The van der Waals surface area contributed by atoms with Crippen molar-refractivity contribution in [2.75, 3.05) is 20.2 Å². The number of nitrogens with two attached hydrogens (primary N) is 1. The largest absolute Gasteiger partial charge is 0.463 e. The normalized spacial score (nSPS) is 12.5. The number of nitrogens with one attached hydrogen (secondary N) is 1. The molecular formula is C21H31N3O4. The van der Waals surface area contributed by atoms with E-state index in [1.54, 1.807) is 45.2 Å². The van der Waals surface area contributed by atoms with Crippen LogP contribution in [0, 0.1) is 5.92 Å². The molecule has 28 heavy (non-hydrogen) atoms. The summed E-state index contributed by atoms with van der Waals surface area (Å²) < 4.78 is 4.99. The minimum atomic E-state index is -0.401. The van der Waals surface area contributed by atoms with Crippen molar-refractivity contribution in [2.45, 2.75) is 40.3 Å². The van der Waals surface area contributed by atoms with Crippen LogP contribution in [-0.4, -0.2) is 48.9 Å². The Morgan fingerprint density at radius 2 is 1.96 bits per heavy atom. The van der Waals surface area contributed by atoms with Gasteiger partial charge in [0.25, 0.3) is 5.91 Å². The number of likely N-dealkylation sites (N-methyl/N-ethyl adjacent to an activating group) is 1. The Balaban J connectivity index is 2.78. The van der Waals surface area contributed by atoms with Crippen LogP contribution in [-0.2, 0) is 20.9 Å². The molecule has 1 atom stereocenters. The number of hydrogen-bond acceptors (Lipinski definition) is 5. The van der Waals surface area contributed by atoms with Crippen LogP contribution in [0.15, 0.2) is 35.9 Å². The van der Waals surface area contributed by atoms with E-state index in [1.807, 2.05) is 19.9 Å². The average molecular weight is 389 g/mol. The molecule has 0 saturated carbocycles. The quantitative estimate of drug-likeness (QED) is 0.496. The van der Waals surface area contributed by atoms with Gasteiger partial charge in [-0.05, 0) is 37.5 Å². The Labute approximate surface area is 166 Å². The van der Waals surface area contributed by atoms with Crippen LogP contribution in [0.3, 0.4) is 0 Å². The first-order chi connectivity index (χ1) is 13.2. The van der Waals surface area contributed by atoms with Gasteiger partial charge in [-0.1, -0.05) is 32.1 Å². The molecule has 0 saturated heterocycles. The van der Waals surface area contributed by atoms with Crippen LogP contribution in [0.25, 0.3) is 0 Å². The van der Waals surface area contributed by atoms with E-state index in [-0.39, 0.29) is 30.3 Å². The number of rotatable bonds is 9. The van der Waals surface area contributed by atoms with Crippen LogP contribution in [0.4, 0.5) is 0 Å². The first-order valence-electron chi connectivity index (χ1n) is 9.39. The summed E-state index contributed by atoms with van der Waals surface area (Å²) in [5.41, 5.74) is 7.34. The summed E-state index contributed by atoms with van der Waals surface area (Å²) in [5, 5.41) is 2.64. The highest BCUT2D eigenvalue weighted by Gasteiger charge is 2.23. The maximum Gasteiger partial charge on any atom is 0.333 e. The molecule has 0 aliphatic rings. The van der Waals surface area contributed by atoms with Crippen LogP contribution in [0.1, 0.15) is 43.6 Å². The zero-order chi connectivity index (χ0) is 21.3. The topological polar surface area (TPSA) is 102 Å². The number of ether oxygens (including phenoxy) is 1. The average Bonchev–Trinajstić information content (AvgIpc) is 2.69. The van der Waals surface area contributed by atoms with Gasteiger partial charge in [-0.3, -0.25) is 9.59 Å². The molecule has 0 radical (unpaired) electrons. The van der Waals surface area contributed by atoms with Gasteiger partial charge in [0.1, 0.15) is 0 Å². The van der Waals surface area contributed by atoms with Crippen LogP contribution >= 0.6 is 0 Å². The summed E-state index contributed by atoms with van der Waals surface area (Å²) in [6.07, 6.45) is 1.73. The highest BCUT2D eigenvalue weighted by molar-refractivity contribution is 5.96. The molecule has 7 heteroatoms. The minimum absolute atomic E-state index is 0.0789. The lowest BCUT2D eigenvalue weighted by molar-refractivity contribution is -0.138. The molecule has 1 aromatic carbocycles. The maximum atomic E-state index is 12.6. The highest BCUT2D eigenvalue weighted by atomic mass is 16.5. The summed E-state index contributed by atoms with van der Waals surface area (Å²) in [6, 6.07) is 6.66. The van der Waals surface area contributed by atoms with E-state index < -0.39 is 5.97 Å². The van der Waals surface area contributed by atoms with Crippen molar-refractivity contribution in [1.82, 2.24) is 10.2 Å². The lowest BCUT2D eigenvalue weighted by Gasteiger charge is -2.29. The van der Waals surface area contributed by atoms with Gasteiger partial charge in [0.15, 0.2) is 0 Å². The molecule has 1 aromatic rings. The highest BCUT2D eigenvalue weighted by Crippen LogP contribution is 2.14. The predicted octanol–water partition coefficient (Wildman–Crippen LogP) is 1.87. The Kier molecular flexibility index (Phi) is 9.38. The Morgan fingerprint density at radius 1 is 1.29 bits per heavy atom. The summed E-state index contributed by atoms with van der Waals surface area (Å²) in [5.74, 6) is -0.913. The van der Waals surface area contributed by atoms with E-state index in [2.05, 4.69) is 5.32 Å². The van der Waals surface area contributed by atoms with Crippen LogP contribution < -0.4 is 11.1 Å². The van der Waals surface area contributed by atoms with E-state index in [0.29, 0.717) is 24.3 Å². The van der Waals surface area contributed by atoms with Crippen molar-refractivity contribution in [3.05, 3.63) is 47.0 Å². The van der Waals surface area contributed by atoms with Crippen molar-refractivity contribution in [3.8, 4) is 0 Å². The van der Waals surface area contributed by atoms with Crippen molar-refractivity contribution < 1.29 is 19.1 Å². The first kappa shape index (κ1) is 23.4. The molecule has 0 unspecified atom stereocenters. The minimum Gasteiger partial charge on any atom is -0.463 e. The second-order valence-corrected chi connectivity index (χ2v) is 6.90. The van der Waals surface area contributed by atoms with E-state index in [1.165, 1.54) is 4.90 Å². The molecule has 0 heterocycles. The monoisotopic (exact) mass is 389 g/mol. The number of amides is 2. The zero-order valence-electron chi connectivity index (χ0n) is 17.3. The Morgan fingerprint density at radius 3 is 2.54 bits per heavy atom. The standard InChI is InChI=1S/C21H31N3O4/c1-6-28-21(27)15(4)10-18(14(2)3)24(5)19(25)13-23-20(26)17-9-7-8-16(11-17)12-22/h7-11,14,18H,6,12-13,22H2,1-5H3,(H,23,26)/b15-10+/t18-/m1/s1. The van der Waals surface area contributed by atoms with E-state index in [4.69, 9.17) is 10.5 Å². The number of nitrogens with zero attached hydrogens (tertiary/aromatic N) is 1. The van der Waals surface area contributed by atoms with Crippen molar-refractivity contribution >= 4 is 17.8 Å². The molecular weight excluding hydrogens is 358 g/mol. The Bertz CT molecular complexity index is 728. The number of carbonyl (C=O) groups is 3. The molecule has 0 aromatic heterocycles. The van der Waals surface area contributed by atoms with Gasteiger partial charge in [0, 0.05) is 24.7 Å². The molecule has 7 nitrogen and oxygen atoms in total. The first-order valence-corrected chi connectivity index (χ1v) is 9.39. The lowest BCUT2D eigenvalue weighted by Crippen LogP contribution is -2.44. The van der Waals surface area contributed by atoms with Gasteiger partial charge < -0.3 is 20.7 Å². The van der Waals surface area contributed by atoms with Crippen LogP contribution in [0.2, 0.25) is 0 Å². The van der Waals surface area contributed by atoms with E-state index >= 15 is 0 Å². The fourth-order valence-corrected chi connectivity index (χ4v) is 2.71. The summed E-state index contributed by atoms with van der Waals surface area (Å²) in [6.45, 7) is 7.82. The number of esters is 1. The smallest absolute Gasteiger partial charge is 0.333 e. The number of carbonyl (C=O) groups excluding carboxylic acids is 3. The lowest BCUT2D eigenvalue weighted by atomic mass is 10.00. The second-order valence-electron chi connectivity index (χ2n) is 6.90. The third kappa shape index (κ3) is 6.81. The summed E-state index contributed by atoms with van der Waals surface area (Å²) >= 11 is 0. The van der Waals surface area contributed by atoms with Gasteiger partial charge in [0.2, 0.25) is 5.91 Å². The van der Waals surface area contributed by atoms with Gasteiger partial charge in [-0.15, -0.1) is 0 Å². The molecule has 1 rings (SSSR count).